The highest BCUT2D eigenvalue weighted by Crippen LogP contribution is 2.33. The van der Waals surface area contributed by atoms with Crippen molar-refractivity contribution in [3.63, 3.8) is 0 Å². The van der Waals surface area contributed by atoms with Crippen molar-refractivity contribution >= 4 is 0 Å². The van der Waals surface area contributed by atoms with Crippen LogP contribution >= 0.6 is 0 Å². The van der Waals surface area contributed by atoms with Gasteiger partial charge in [0.1, 0.15) is 0 Å². The first-order chi connectivity index (χ1) is 7.68. The maximum atomic E-state index is 6.13. The predicted octanol–water partition coefficient (Wildman–Crippen LogP) is 2.77. The van der Waals surface area contributed by atoms with Gasteiger partial charge in [-0.25, -0.2) is 0 Å². The average Bonchev–Trinajstić information content (AvgIpc) is 2.23. The lowest BCUT2D eigenvalue weighted by molar-refractivity contribution is 0.0676. The maximum Gasteiger partial charge on any atom is 0.0247 e. The first-order valence-electron chi connectivity index (χ1n) is 7.20. The zero-order valence-corrected chi connectivity index (χ0v) is 11.0. The van der Waals surface area contributed by atoms with Crippen LogP contribution in [0.4, 0.5) is 0 Å². The molecule has 2 nitrogen and oxygen atoms in total. The van der Waals surface area contributed by atoms with Gasteiger partial charge in [-0.2, -0.15) is 0 Å². The minimum absolute atomic E-state index is 0.337. The number of nitrogens with two attached hydrogens (primary N) is 1. The molecule has 16 heavy (non-hydrogen) atoms. The first-order valence-corrected chi connectivity index (χ1v) is 7.20. The Bertz CT molecular complexity index is 211. The second-order valence-corrected chi connectivity index (χ2v) is 6.04. The topological polar surface area (TPSA) is 29.3 Å². The lowest BCUT2D eigenvalue weighted by Gasteiger charge is -2.43. The van der Waals surface area contributed by atoms with Crippen LogP contribution in [0.5, 0.6) is 0 Å². The van der Waals surface area contributed by atoms with Gasteiger partial charge in [-0.1, -0.05) is 25.7 Å². The van der Waals surface area contributed by atoms with Gasteiger partial charge >= 0.3 is 0 Å². The van der Waals surface area contributed by atoms with Crippen molar-refractivity contribution in [3.8, 4) is 0 Å². The molecule has 94 valence electrons. The molecule has 2 fully saturated rings. The van der Waals surface area contributed by atoms with Crippen LogP contribution in [-0.4, -0.2) is 29.6 Å². The molecule has 1 saturated heterocycles. The predicted molar refractivity (Wildman–Crippen MR) is 69.4 cm³/mol. The summed E-state index contributed by atoms with van der Waals surface area (Å²) in [6, 6.07) is 1.73. The van der Waals surface area contributed by atoms with E-state index in [1.54, 1.807) is 0 Å². The molecule has 0 aromatic heterocycles. The van der Waals surface area contributed by atoms with Crippen LogP contribution in [0, 0.1) is 5.92 Å². The van der Waals surface area contributed by atoms with E-state index >= 15 is 0 Å². The van der Waals surface area contributed by atoms with E-state index in [4.69, 9.17) is 5.73 Å². The second-order valence-electron chi connectivity index (χ2n) is 6.04. The molecule has 0 bridgehead atoms. The first kappa shape index (κ1) is 12.4. The van der Waals surface area contributed by atoms with Crippen molar-refractivity contribution in [2.45, 2.75) is 76.9 Å². The number of likely N-dealkylation sites (tertiary alicyclic amines) is 1. The van der Waals surface area contributed by atoms with E-state index in [9.17, 15) is 0 Å². The molecule has 2 N–H and O–H groups in total. The van der Waals surface area contributed by atoms with Crippen molar-refractivity contribution in [2.24, 2.45) is 11.7 Å². The van der Waals surface area contributed by atoms with Crippen molar-refractivity contribution < 1.29 is 0 Å². The monoisotopic (exact) mass is 224 g/mol. The zero-order valence-electron chi connectivity index (χ0n) is 11.0. The lowest BCUT2D eigenvalue weighted by atomic mass is 9.80. The molecule has 2 rings (SSSR count). The van der Waals surface area contributed by atoms with Crippen molar-refractivity contribution in [1.29, 1.82) is 0 Å². The Hall–Kier alpha value is -0.0800. The average molecular weight is 224 g/mol. The number of rotatable bonds is 4. The Morgan fingerprint density at radius 2 is 1.88 bits per heavy atom. The van der Waals surface area contributed by atoms with Gasteiger partial charge < -0.3 is 5.73 Å². The van der Waals surface area contributed by atoms with Crippen LogP contribution < -0.4 is 5.73 Å². The van der Waals surface area contributed by atoms with Gasteiger partial charge in [0.05, 0.1) is 0 Å². The van der Waals surface area contributed by atoms with E-state index in [1.165, 1.54) is 51.5 Å². The SMILES string of the molecule is CC(N)C1CCCCN1C(C)CC1CCC1. The Balaban J connectivity index is 1.87. The fourth-order valence-corrected chi connectivity index (χ4v) is 3.44. The second kappa shape index (κ2) is 5.50. The molecule has 0 spiro atoms. The molecular formula is C14H28N2. The zero-order chi connectivity index (χ0) is 11.5. The normalized spacial score (nSPS) is 32.1. The fourth-order valence-electron chi connectivity index (χ4n) is 3.44. The molecule has 1 aliphatic heterocycles. The molecule has 0 radical (unpaired) electrons. The highest BCUT2D eigenvalue weighted by Gasteiger charge is 2.31. The van der Waals surface area contributed by atoms with Crippen molar-refractivity contribution in [3.05, 3.63) is 0 Å². The quantitative estimate of drug-likeness (QED) is 0.795. The van der Waals surface area contributed by atoms with Crippen LogP contribution in [0.2, 0.25) is 0 Å². The van der Waals surface area contributed by atoms with Gasteiger partial charge in [-0.15, -0.1) is 0 Å². The Morgan fingerprint density at radius 1 is 1.12 bits per heavy atom. The summed E-state index contributed by atoms with van der Waals surface area (Å²) in [5, 5.41) is 0. The van der Waals surface area contributed by atoms with Gasteiger partial charge in [-0.3, -0.25) is 4.90 Å². The molecule has 3 atom stereocenters. The summed E-state index contributed by atoms with van der Waals surface area (Å²) >= 11 is 0. The summed E-state index contributed by atoms with van der Waals surface area (Å²) in [5.74, 6) is 1.02. The van der Waals surface area contributed by atoms with Crippen LogP contribution in [-0.2, 0) is 0 Å². The third kappa shape index (κ3) is 2.78. The molecular weight excluding hydrogens is 196 g/mol. The summed E-state index contributed by atoms with van der Waals surface area (Å²) in [5.41, 5.74) is 6.13. The molecule has 1 heterocycles. The maximum absolute atomic E-state index is 6.13. The summed E-state index contributed by atoms with van der Waals surface area (Å²) in [6.07, 6.45) is 9.88. The Morgan fingerprint density at radius 3 is 2.44 bits per heavy atom. The number of hydrogen-bond donors (Lipinski definition) is 1. The fraction of sp³-hybridized carbons (Fsp3) is 1.00. The largest absolute Gasteiger partial charge is 0.327 e. The van der Waals surface area contributed by atoms with E-state index in [1.807, 2.05) is 0 Å². The molecule has 1 aliphatic carbocycles. The summed E-state index contributed by atoms with van der Waals surface area (Å²) in [4.78, 5) is 2.70. The number of hydrogen-bond acceptors (Lipinski definition) is 2. The third-order valence-corrected chi connectivity index (χ3v) is 4.66. The van der Waals surface area contributed by atoms with E-state index in [0.717, 1.165) is 12.0 Å². The van der Waals surface area contributed by atoms with Gasteiger partial charge in [0.25, 0.3) is 0 Å². The Kier molecular flexibility index (Phi) is 4.26. The summed E-state index contributed by atoms with van der Waals surface area (Å²) in [6.45, 7) is 5.87. The molecule has 1 saturated carbocycles. The van der Waals surface area contributed by atoms with Crippen LogP contribution in [0.25, 0.3) is 0 Å². The standard InChI is InChI=1S/C14H28N2/c1-11(10-13-6-5-7-13)16-9-4-3-8-14(16)12(2)15/h11-14H,3-10,15H2,1-2H3. The van der Waals surface area contributed by atoms with E-state index < -0.39 is 0 Å². The van der Waals surface area contributed by atoms with E-state index in [-0.39, 0.29) is 0 Å². The van der Waals surface area contributed by atoms with Crippen molar-refractivity contribution in [1.82, 2.24) is 4.90 Å². The van der Waals surface area contributed by atoms with E-state index in [0.29, 0.717) is 12.1 Å². The van der Waals surface area contributed by atoms with Gasteiger partial charge in [0.2, 0.25) is 0 Å². The van der Waals surface area contributed by atoms with E-state index in [2.05, 4.69) is 18.7 Å². The van der Waals surface area contributed by atoms with Crippen molar-refractivity contribution in [2.75, 3.05) is 6.54 Å². The molecule has 0 amide bonds. The number of nitrogens with zero attached hydrogens (tertiary/aromatic N) is 1. The Labute approximate surface area is 101 Å². The highest BCUT2D eigenvalue weighted by molar-refractivity contribution is 4.87. The minimum atomic E-state index is 0.337. The van der Waals surface area contributed by atoms with Gasteiger partial charge in [0, 0.05) is 18.1 Å². The summed E-state index contributed by atoms with van der Waals surface area (Å²) in [7, 11) is 0. The van der Waals surface area contributed by atoms with Crippen LogP contribution in [0.15, 0.2) is 0 Å². The molecule has 0 aromatic carbocycles. The highest BCUT2D eigenvalue weighted by atomic mass is 15.2. The third-order valence-electron chi connectivity index (χ3n) is 4.66. The molecule has 2 heteroatoms. The molecule has 0 aromatic rings. The van der Waals surface area contributed by atoms with Gasteiger partial charge in [0.15, 0.2) is 0 Å². The van der Waals surface area contributed by atoms with Crippen LogP contribution in [0.1, 0.15) is 58.8 Å². The lowest BCUT2D eigenvalue weighted by Crippen LogP contribution is -2.53. The van der Waals surface area contributed by atoms with Crippen LogP contribution in [0.3, 0.4) is 0 Å². The minimum Gasteiger partial charge on any atom is -0.327 e. The smallest absolute Gasteiger partial charge is 0.0247 e. The molecule has 3 unspecified atom stereocenters. The molecule has 2 aliphatic rings. The van der Waals surface area contributed by atoms with Gasteiger partial charge in [-0.05, 0) is 45.6 Å². The number of piperidine rings is 1. The summed E-state index contributed by atoms with van der Waals surface area (Å²) < 4.78 is 0.